The smallest absolute Gasteiger partial charge is 0.191 e. The number of benzene rings is 2. The van der Waals surface area contributed by atoms with E-state index in [0.29, 0.717) is 0 Å². The van der Waals surface area contributed by atoms with Crippen molar-refractivity contribution in [1.29, 1.82) is 0 Å². The van der Waals surface area contributed by atoms with Crippen molar-refractivity contribution in [2.45, 2.75) is 33.2 Å². The van der Waals surface area contributed by atoms with Gasteiger partial charge in [-0.25, -0.2) is 0 Å². The van der Waals surface area contributed by atoms with E-state index >= 15 is 0 Å². The fourth-order valence-corrected chi connectivity index (χ4v) is 3.12. The summed E-state index contributed by atoms with van der Waals surface area (Å²) in [5.74, 6) is 1.68. The van der Waals surface area contributed by atoms with Crippen LogP contribution in [0.3, 0.4) is 0 Å². The Hall–Kier alpha value is -2.82. The van der Waals surface area contributed by atoms with Crippen molar-refractivity contribution in [3.8, 4) is 0 Å². The summed E-state index contributed by atoms with van der Waals surface area (Å²) in [6, 6.07) is 15.1. The molecule has 1 unspecified atom stereocenters. The molecule has 0 amide bonds. The van der Waals surface area contributed by atoms with Gasteiger partial charge in [0, 0.05) is 19.2 Å². The van der Waals surface area contributed by atoms with Gasteiger partial charge in [0.05, 0.1) is 11.7 Å². The Morgan fingerprint density at radius 1 is 1.15 bits per heavy atom. The highest BCUT2D eigenvalue weighted by Gasteiger charge is 2.11. The van der Waals surface area contributed by atoms with Crippen LogP contribution >= 0.6 is 0 Å². The van der Waals surface area contributed by atoms with Gasteiger partial charge in [-0.2, -0.15) is 0 Å². The number of hydrogen-bond donors (Lipinski definition) is 2. The Labute approximate surface area is 154 Å². The number of fused-ring (bicyclic) bond motifs is 1. The van der Waals surface area contributed by atoms with Crippen LogP contribution in [0, 0.1) is 13.8 Å². The molecule has 0 aliphatic heterocycles. The van der Waals surface area contributed by atoms with Crippen LogP contribution in [0.2, 0.25) is 0 Å². The van der Waals surface area contributed by atoms with Crippen molar-refractivity contribution >= 4 is 16.7 Å². The molecule has 0 spiro atoms. The Bertz CT molecular complexity index is 894. The number of hydrogen-bond acceptors (Lipinski definition) is 3. The SMILES string of the molecule is CN=C(NCCc1c(C)noc1C)NC(C)c1ccc2ccccc2c1. The third kappa shape index (κ3) is 4.04. The van der Waals surface area contributed by atoms with E-state index in [-0.39, 0.29) is 6.04 Å². The molecule has 1 atom stereocenters. The van der Waals surface area contributed by atoms with Crippen molar-refractivity contribution in [3.05, 3.63) is 65.0 Å². The number of aromatic nitrogens is 1. The normalized spacial score (nSPS) is 13.0. The van der Waals surface area contributed by atoms with E-state index in [4.69, 9.17) is 4.52 Å². The third-order valence-electron chi connectivity index (χ3n) is 4.70. The minimum atomic E-state index is 0.157. The zero-order valence-electron chi connectivity index (χ0n) is 15.8. The van der Waals surface area contributed by atoms with E-state index in [9.17, 15) is 0 Å². The Balaban J connectivity index is 1.60. The Morgan fingerprint density at radius 2 is 1.92 bits per heavy atom. The number of rotatable bonds is 5. The molecule has 26 heavy (non-hydrogen) atoms. The maximum Gasteiger partial charge on any atom is 0.191 e. The second-order valence-corrected chi connectivity index (χ2v) is 6.52. The van der Waals surface area contributed by atoms with E-state index in [0.717, 1.165) is 35.9 Å². The fourth-order valence-electron chi connectivity index (χ4n) is 3.12. The van der Waals surface area contributed by atoms with E-state index < -0.39 is 0 Å². The van der Waals surface area contributed by atoms with Crippen molar-refractivity contribution in [3.63, 3.8) is 0 Å². The first-order chi connectivity index (χ1) is 12.6. The van der Waals surface area contributed by atoms with Crippen molar-refractivity contribution in [2.24, 2.45) is 4.99 Å². The second kappa shape index (κ2) is 8.04. The predicted octanol–water partition coefficient (Wildman–Crippen LogP) is 3.91. The van der Waals surface area contributed by atoms with Gasteiger partial charge >= 0.3 is 0 Å². The first-order valence-electron chi connectivity index (χ1n) is 8.96. The van der Waals surface area contributed by atoms with Crippen molar-refractivity contribution in [2.75, 3.05) is 13.6 Å². The van der Waals surface area contributed by atoms with Crippen LogP contribution in [0.25, 0.3) is 10.8 Å². The quantitative estimate of drug-likeness (QED) is 0.541. The topological polar surface area (TPSA) is 62.5 Å². The molecule has 2 N–H and O–H groups in total. The lowest BCUT2D eigenvalue weighted by Crippen LogP contribution is -2.39. The van der Waals surface area contributed by atoms with Gasteiger partial charge in [0.25, 0.3) is 0 Å². The minimum Gasteiger partial charge on any atom is -0.361 e. The molecule has 2 aromatic carbocycles. The third-order valence-corrected chi connectivity index (χ3v) is 4.70. The zero-order valence-corrected chi connectivity index (χ0v) is 15.8. The molecule has 136 valence electrons. The number of nitrogens with one attached hydrogen (secondary N) is 2. The molecule has 1 aromatic heterocycles. The Kier molecular flexibility index (Phi) is 5.56. The molecule has 5 heteroatoms. The minimum absolute atomic E-state index is 0.157. The number of guanidine groups is 1. The summed E-state index contributed by atoms with van der Waals surface area (Å²) in [7, 11) is 1.79. The number of aryl methyl sites for hydroxylation is 2. The Morgan fingerprint density at radius 3 is 2.62 bits per heavy atom. The summed E-state index contributed by atoms with van der Waals surface area (Å²) in [5, 5.41) is 13.3. The lowest BCUT2D eigenvalue weighted by Gasteiger charge is -2.19. The first-order valence-corrected chi connectivity index (χ1v) is 8.96. The highest BCUT2D eigenvalue weighted by molar-refractivity contribution is 5.84. The van der Waals surface area contributed by atoms with Crippen LogP contribution in [0.4, 0.5) is 0 Å². The first kappa shape index (κ1) is 18.0. The lowest BCUT2D eigenvalue weighted by molar-refractivity contribution is 0.392. The average Bonchev–Trinajstić information content (AvgIpc) is 2.98. The summed E-state index contributed by atoms with van der Waals surface area (Å²) in [5.41, 5.74) is 3.35. The van der Waals surface area contributed by atoms with Gasteiger partial charge < -0.3 is 15.2 Å². The molecule has 0 aliphatic rings. The monoisotopic (exact) mass is 350 g/mol. The summed E-state index contributed by atoms with van der Waals surface area (Å²) >= 11 is 0. The fraction of sp³-hybridized carbons (Fsp3) is 0.333. The molecule has 0 saturated carbocycles. The molecule has 5 nitrogen and oxygen atoms in total. The summed E-state index contributed by atoms with van der Waals surface area (Å²) < 4.78 is 5.21. The van der Waals surface area contributed by atoms with Crippen LogP contribution < -0.4 is 10.6 Å². The van der Waals surface area contributed by atoms with E-state index in [1.54, 1.807) is 7.05 Å². The summed E-state index contributed by atoms with van der Waals surface area (Å²) in [6.45, 7) is 6.84. The van der Waals surface area contributed by atoms with Crippen molar-refractivity contribution in [1.82, 2.24) is 15.8 Å². The van der Waals surface area contributed by atoms with Gasteiger partial charge in [0.15, 0.2) is 5.96 Å². The molecule has 0 aliphatic carbocycles. The van der Waals surface area contributed by atoms with Crippen LogP contribution in [0.1, 0.15) is 35.5 Å². The van der Waals surface area contributed by atoms with Gasteiger partial charge in [0.2, 0.25) is 0 Å². The van der Waals surface area contributed by atoms with Crippen molar-refractivity contribution < 1.29 is 4.52 Å². The largest absolute Gasteiger partial charge is 0.361 e. The van der Waals surface area contributed by atoms with Crippen LogP contribution in [-0.2, 0) is 6.42 Å². The molecule has 0 saturated heterocycles. The number of aliphatic imine (C=N–C) groups is 1. The van der Waals surface area contributed by atoms with Crippen LogP contribution in [-0.4, -0.2) is 24.7 Å². The van der Waals surface area contributed by atoms with Gasteiger partial charge in [-0.15, -0.1) is 0 Å². The molecule has 3 aromatic rings. The lowest BCUT2D eigenvalue weighted by atomic mass is 10.0. The molecular weight excluding hydrogens is 324 g/mol. The molecule has 1 heterocycles. The van der Waals surface area contributed by atoms with E-state index in [1.165, 1.54) is 16.3 Å². The maximum absolute atomic E-state index is 5.21. The van der Waals surface area contributed by atoms with Gasteiger partial charge in [-0.05, 0) is 49.6 Å². The highest BCUT2D eigenvalue weighted by atomic mass is 16.5. The van der Waals surface area contributed by atoms with E-state index in [2.05, 4.69) is 70.2 Å². The molecule has 0 fully saturated rings. The van der Waals surface area contributed by atoms with Crippen LogP contribution in [0.15, 0.2) is 52.0 Å². The average molecular weight is 350 g/mol. The van der Waals surface area contributed by atoms with Gasteiger partial charge in [0.1, 0.15) is 5.76 Å². The maximum atomic E-state index is 5.21. The van der Waals surface area contributed by atoms with Crippen LogP contribution in [0.5, 0.6) is 0 Å². The summed E-state index contributed by atoms with van der Waals surface area (Å²) in [6.07, 6.45) is 0.853. The standard InChI is InChI=1S/C21H26N4O/c1-14(18-10-9-17-7-5-6-8-19(17)13-18)24-21(22-4)23-12-11-20-15(2)25-26-16(20)3/h5-10,13-14H,11-12H2,1-4H3,(H2,22,23,24). The molecule has 0 radical (unpaired) electrons. The molecule has 0 bridgehead atoms. The second-order valence-electron chi connectivity index (χ2n) is 6.52. The van der Waals surface area contributed by atoms with Gasteiger partial charge in [-0.1, -0.05) is 41.6 Å². The zero-order chi connectivity index (χ0) is 18.5. The van der Waals surface area contributed by atoms with E-state index in [1.807, 2.05) is 13.8 Å². The number of nitrogens with zero attached hydrogens (tertiary/aromatic N) is 2. The van der Waals surface area contributed by atoms with Gasteiger partial charge in [-0.3, -0.25) is 4.99 Å². The molecule has 3 rings (SSSR count). The summed E-state index contributed by atoms with van der Waals surface area (Å²) in [4.78, 5) is 4.33. The predicted molar refractivity (Wildman–Crippen MR) is 107 cm³/mol. The molecular formula is C21H26N4O. The highest BCUT2D eigenvalue weighted by Crippen LogP contribution is 2.20.